The van der Waals surface area contributed by atoms with Gasteiger partial charge >= 0.3 is 0 Å². The molecule has 0 fully saturated rings. The quantitative estimate of drug-likeness (QED) is 0.695. The van der Waals surface area contributed by atoms with Gasteiger partial charge in [0.05, 0.1) is 12.0 Å². The van der Waals surface area contributed by atoms with Crippen LogP contribution in [0.1, 0.15) is 25.6 Å². The van der Waals surface area contributed by atoms with Crippen molar-refractivity contribution >= 4 is 17.5 Å². The van der Waals surface area contributed by atoms with E-state index in [1.165, 1.54) is 0 Å². The smallest absolute Gasteiger partial charge is 0.199 e. The molecule has 5 heteroatoms. The lowest BCUT2D eigenvalue weighted by Gasteiger charge is -2.16. The highest BCUT2D eigenvalue weighted by molar-refractivity contribution is 5.93. The number of aromatic nitrogens is 2. The highest BCUT2D eigenvalue weighted by atomic mass is 15.2. The number of nitrogens with one attached hydrogen (secondary N) is 1. The highest BCUT2D eigenvalue weighted by Gasteiger charge is 2.19. The minimum absolute atomic E-state index is 0.314. The number of hydrogen-bond donors (Lipinski definition) is 2. The van der Waals surface area contributed by atoms with Crippen molar-refractivity contribution in [3.05, 3.63) is 18.6 Å². The van der Waals surface area contributed by atoms with Crippen LogP contribution in [0.4, 0.5) is 5.82 Å². The van der Waals surface area contributed by atoms with Gasteiger partial charge in [-0.15, -0.1) is 0 Å². The van der Waals surface area contributed by atoms with Gasteiger partial charge in [0, 0.05) is 6.04 Å². The first kappa shape index (κ1) is 8.80. The molecule has 0 spiro atoms. The Morgan fingerprint density at radius 1 is 1.57 bits per heavy atom. The van der Waals surface area contributed by atoms with Crippen molar-refractivity contribution in [2.75, 3.05) is 0 Å². The summed E-state index contributed by atoms with van der Waals surface area (Å²) in [7, 11) is 0. The molecule has 0 aliphatic carbocycles. The van der Waals surface area contributed by atoms with Crippen LogP contribution in [-0.2, 0) is 0 Å². The first-order chi connectivity index (χ1) is 6.59. The minimum atomic E-state index is 0.314. The van der Waals surface area contributed by atoms with Crippen LogP contribution in [0.3, 0.4) is 0 Å². The fourth-order valence-electron chi connectivity index (χ4n) is 1.41. The van der Waals surface area contributed by atoms with Gasteiger partial charge in [-0.05, 0) is 13.8 Å². The average Bonchev–Trinajstić information content (AvgIpc) is 2.47. The Labute approximate surface area is 82.3 Å². The number of aliphatic imine (C=N–C) groups is 1. The van der Waals surface area contributed by atoms with Gasteiger partial charge in [0.2, 0.25) is 0 Å². The van der Waals surface area contributed by atoms with Crippen molar-refractivity contribution in [2.45, 2.75) is 19.9 Å². The first-order valence-corrected chi connectivity index (χ1v) is 4.47. The van der Waals surface area contributed by atoms with Gasteiger partial charge in [0.25, 0.3) is 0 Å². The van der Waals surface area contributed by atoms with Crippen molar-refractivity contribution in [3.8, 4) is 0 Å². The van der Waals surface area contributed by atoms with Gasteiger partial charge < -0.3 is 15.6 Å². The van der Waals surface area contributed by atoms with Crippen LogP contribution in [0, 0.1) is 0 Å². The maximum absolute atomic E-state index is 5.61. The van der Waals surface area contributed by atoms with E-state index >= 15 is 0 Å². The Hall–Kier alpha value is -1.78. The maximum atomic E-state index is 5.61. The van der Waals surface area contributed by atoms with Crippen molar-refractivity contribution in [1.29, 1.82) is 0 Å². The second-order valence-electron chi connectivity index (χ2n) is 3.52. The summed E-state index contributed by atoms with van der Waals surface area (Å²) in [5.41, 5.74) is 7.08. The topological polar surface area (TPSA) is 68.2 Å². The van der Waals surface area contributed by atoms with Crippen molar-refractivity contribution < 1.29 is 0 Å². The fraction of sp³-hybridized carbons (Fsp3) is 0.333. The van der Waals surface area contributed by atoms with E-state index in [1.54, 1.807) is 6.33 Å². The lowest BCUT2D eigenvalue weighted by Crippen LogP contribution is -2.32. The van der Waals surface area contributed by atoms with E-state index in [-0.39, 0.29) is 0 Å². The van der Waals surface area contributed by atoms with Gasteiger partial charge in [-0.3, -0.25) is 0 Å². The molecule has 1 aromatic rings. The van der Waals surface area contributed by atoms with Gasteiger partial charge in [-0.25, -0.2) is 4.98 Å². The fourth-order valence-corrected chi connectivity index (χ4v) is 1.41. The number of guanidine groups is 1. The molecule has 1 aliphatic heterocycles. The Bertz CT molecular complexity index is 413. The highest BCUT2D eigenvalue weighted by Crippen LogP contribution is 2.28. The first-order valence-electron chi connectivity index (χ1n) is 4.47. The number of fused-ring (bicyclic) bond motifs is 1. The van der Waals surface area contributed by atoms with E-state index in [9.17, 15) is 0 Å². The summed E-state index contributed by atoms with van der Waals surface area (Å²) in [5, 5.41) is 2.85. The number of imidazole rings is 1. The molecule has 2 rings (SSSR count). The molecule has 0 saturated heterocycles. The predicted octanol–water partition coefficient (Wildman–Crippen LogP) is 0.984. The zero-order valence-electron chi connectivity index (χ0n) is 8.28. The molecule has 1 aromatic heterocycles. The molecule has 0 unspecified atom stereocenters. The summed E-state index contributed by atoms with van der Waals surface area (Å²) in [6.45, 7) is 7.97. The van der Waals surface area contributed by atoms with E-state index < -0.39 is 0 Å². The summed E-state index contributed by atoms with van der Waals surface area (Å²) in [5.74, 6) is 1.14. The molecule has 0 aromatic carbocycles. The van der Waals surface area contributed by atoms with E-state index in [2.05, 4.69) is 35.7 Å². The molecule has 14 heavy (non-hydrogen) atoms. The Kier molecular flexibility index (Phi) is 1.80. The molecule has 1 aliphatic rings. The van der Waals surface area contributed by atoms with Gasteiger partial charge in [0.1, 0.15) is 5.69 Å². The molecular formula is C9H13N5. The van der Waals surface area contributed by atoms with E-state index in [4.69, 9.17) is 5.73 Å². The van der Waals surface area contributed by atoms with Gasteiger partial charge in [-0.1, -0.05) is 6.58 Å². The average molecular weight is 191 g/mol. The third-order valence-electron chi connectivity index (χ3n) is 2.12. The SMILES string of the molecule is C=C1NC(N)=Nc2c1ncn2C(C)C. The number of nitrogens with two attached hydrogens (primary N) is 1. The van der Waals surface area contributed by atoms with Crippen molar-refractivity contribution in [1.82, 2.24) is 14.9 Å². The molecule has 0 atom stereocenters. The lowest BCUT2D eigenvalue weighted by molar-refractivity contribution is 0.603. The molecule has 74 valence electrons. The van der Waals surface area contributed by atoms with E-state index in [0.29, 0.717) is 17.7 Å². The predicted molar refractivity (Wildman–Crippen MR) is 56.1 cm³/mol. The maximum Gasteiger partial charge on any atom is 0.199 e. The molecule has 0 amide bonds. The van der Waals surface area contributed by atoms with Crippen LogP contribution in [0.25, 0.3) is 5.70 Å². The summed E-state index contributed by atoms with van der Waals surface area (Å²) in [6, 6.07) is 0.314. The molecule has 2 heterocycles. The standard InChI is InChI=1S/C9H13N5/c1-5(2)14-4-11-7-6(3)12-9(10)13-8(7)14/h4-5H,3H2,1-2H3,(H3,10,12,13). The number of rotatable bonds is 1. The van der Waals surface area contributed by atoms with Crippen LogP contribution >= 0.6 is 0 Å². The minimum Gasteiger partial charge on any atom is -0.369 e. The van der Waals surface area contributed by atoms with Crippen LogP contribution in [0.15, 0.2) is 17.9 Å². The van der Waals surface area contributed by atoms with Crippen LogP contribution in [-0.4, -0.2) is 15.5 Å². The van der Waals surface area contributed by atoms with Gasteiger partial charge in [-0.2, -0.15) is 4.99 Å². The van der Waals surface area contributed by atoms with Crippen molar-refractivity contribution in [2.24, 2.45) is 10.7 Å². The molecule has 0 bridgehead atoms. The normalized spacial score (nSPS) is 15.1. The van der Waals surface area contributed by atoms with Gasteiger partial charge in [0.15, 0.2) is 11.8 Å². The van der Waals surface area contributed by atoms with E-state index in [1.807, 2.05) is 4.57 Å². The third kappa shape index (κ3) is 1.17. The lowest BCUT2D eigenvalue weighted by atomic mass is 10.3. The zero-order valence-corrected chi connectivity index (χ0v) is 8.28. The summed E-state index contributed by atoms with van der Waals surface area (Å²) < 4.78 is 1.97. The molecule has 0 saturated carbocycles. The Morgan fingerprint density at radius 2 is 2.29 bits per heavy atom. The third-order valence-corrected chi connectivity index (χ3v) is 2.12. The van der Waals surface area contributed by atoms with Crippen LogP contribution in [0.2, 0.25) is 0 Å². The zero-order chi connectivity index (χ0) is 10.3. The summed E-state index contributed by atoms with van der Waals surface area (Å²) >= 11 is 0. The van der Waals surface area contributed by atoms with E-state index in [0.717, 1.165) is 11.5 Å². The second kappa shape index (κ2) is 2.87. The summed E-state index contributed by atoms with van der Waals surface area (Å²) in [4.78, 5) is 8.43. The van der Waals surface area contributed by atoms with Crippen LogP contribution < -0.4 is 11.1 Å². The Morgan fingerprint density at radius 3 is 2.93 bits per heavy atom. The number of hydrogen-bond acceptors (Lipinski definition) is 4. The molecular weight excluding hydrogens is 178 g/mol. The monoisotopic (exact) mass is 191 g/mol. The molecule has 3 N–H and O–H groups in total. The molecule has 0 radical (unpaired) electrons. The largest absolute Gasteiger partial charge is 0.369 e. The molecule has 5 nitrogen and oxygen atoms in total. The van der Waals surface area contributed by atoms with Crippen LogP contribution in [0.5, 0.6) is 0 Å². The summed E-state index contributed by atoms with van der Waals surface area (Å²) in [6.07, 6.45) is 1.75. The Balaban J connectivity index is 2.58. The van der Waals surface area contributed by atoms with Crippen molar-refractivity contribution in [3.63, 3.8) is 0 Å². The number of nitrogens with zero attached hydrogens (tertiary/aromatic N) is 3. The second-order valence-corrected chi connectivity index (χ2v) is 3.52.